The molecule has 1 saturated heterocycles. The standard InChI is InChI=1S/C23H27N5O/c29-23-20-9-3-4-10-21(20)24-25-28(23)17-14-26-12-15-27(16-13-26)22-11-5-7-18-6-1-2-8-19(18)22/h1-4,6,8-10,22H,5,7,11-17H2/t22-/m1/s1. The molecule has 1 atom stereocenters. The van der Waals surface area contributed by atoms with Gasteiger partial charge in [-0.3, -0.25) is 14.6 Å². The maximum atomic E-state index is 12.6. The van der Waals surface area contributed by atoms with E-state index in [9.17, 15) is 4.79 Å². The molecule has 6 nitrogen and oxygen atoms in total. The summed E-state index contributed by atoms with van der Waals surface area (Å²) in [5.74, 6) is 0. The summed E-state index contributed by atoms with van der Waals surface area (Å²) >= 11 is 0. The first-order valence-electron chi connectivity index (χ1n) is 10.7. The van der Waals surface area contributed by atoms with Gasteiger partial charge in [-0.1, -0.05) is 41.6 Å². The highest BCUT2D eigenvalue weighted by molar-refractivity contribution is 5.76. The molecule has 1 aliphatic carbocycles. The van der Waals surface area contributed by atoms with Crippen molar-refractivity contribution in [1.82, 2.24) is 24.8 Å². The molecule has 150 valence electrons. The van der Waals surface area contributed by atoms with E-state index in [1.54, 1.807) is 0 Å². The highest BCUT2D eigenvalue weighted by Gasteiger charge is 2.28. The molecule has 1 fully saturated rings. The number of nitrogens with zero attached hydrogens (tertiary/aromatic N) is 5. The quantitative estimate of drug-likeness (QED) is 0.686. The monoisotopic (exact) mass is 389 g/mol. The van der Waals surface area contributed by atoms with Gasteiger partial charge in [-0.15, -0.1) is 5.10 Å². The number of fused-ring (bicyclic) bond motifs is 2. The Morgan fingerprint density at radius 3 is 2.62 bits per heavy atom. The molecule has 29 heavy (non-hydrogen) atoms. The van der Waals surface area contributed by atoms with Crippen molar-refractivity contribution >= 4 is 10.9 Å². The fraction of sp³-hybridized carbons (Fsp3) is 0.435. The number of benzene rings is 2. The molecule has 0 spiro atoms. The SMILES string of the molecule is O=c1c2ccccc2nnn1CCN1CCN([C@@H]2CCCc3ccccc32)CC1. The Balaban J connectivity index is 1.20. The Kier molecular flexibility index (Phi) is 5.12. The van der Waals surface area contributed by atoms with Crippen molar-refractivity contribution in [2.24, 2.45) is 0 Å². The number of aryl methyl sites for hydroxylation is 1. The van der Waals surface area contributed by atoms with E-state index < -0.39 is 0 Å². The molecule has 0 N–H and O–H groups in total. The van der Waals surface area contributed by atoms with E-state index in [4.69, 9.17) is 0 Å². The predicted molar refractivity (Wildman–Crippen MR) is 114 cm³/mol. The first kappa shape index (κ1) is 18.5. The molecular weight excluding hydrogens is 362 g/mol. The first-order chi connectivity index (χ1) is 14.3. The van der Waals surface area contributed by atoms with Crippen molar-refractivity contribution in [2.75, 3.05) is 32.7 Å². The van der Waals surface area contributed by atoms with Crippen molar-refractivity contribution in [2.45, 2.75) is 31.8 Å². The van der Waals surface area contributed by atoms with Crippen molar-refractivity contribution in [3.05, 3.63) is 70.0 Å². The molecule has 2 heterocycles. The molecule has 5 rings (SSSR count). The zero-order valence-electron chi connectivity index (χ0n) is 16.7. The van der Waals surface area contributed by atoms with Crippen LogP contribution in [0.2, 0.25) is 0 Å². The van der Waals surface area contributed by atoms with E-state index in [0.29, 0.717) is 23.5 Å². The number of rotatable bonds is 4. The number of hydrogen-bond donors (Lipinski definition) is 0. The molecule has 2 aliphatic rings. The third-order valence-corrected chi connectivity index (χ3v) is 6.44. The summed E-state index contributed by atoms with van der Waals surface area (Å²) < 4.78 is 1.51. The summed E-state index contributed by atoms with van der Waals surface area (Å²) in [6.07, 6.45) is 3.76. The smallest absolute Gasteiger partial charge is 0.277 e. The van der Waals surface area contributed by atoms with Crippen LogP contribution in [0.4, 0.5) is 0 Å². The van der Waals surface area contributed by atoms with Crippen LogP contribution in [0, 0.1) is 0 Å². The van der Waals surface area contributed by atoms with Crippen LogP contribution < -0.4 is 5.56 Å². The van der Waals surface area contributed by atoms with Gasteiger partial charge in [0.15, 0.2) is 0 Å². The van der Waals surface area contributed by atoms with Crippen molar-refractivity contribution in [3.63, 3.8) is 0 Å². The van der Waals surface area contributed by atoms with Crippen LogP contribution in [-0.4, -0.2) is 57.5 Å². The van der Waals surface area contributed by atoms with Crippen molar-refractivity contribution < 1.29 is 0 Å². The lowest BCUT2D eigenvalue weighted by atomic mass is 9.86. The van der Waals surface area contributed by atoms with E-state index in [2.05, 4.69) is 44.4 Å². The summed E-state index contributed by atoms with van der Waals surface area (Å²) in [7, 11) is 0. The molecule has 0 amide bonds. The van der Waals surface area contributed by atoms with Gasteiger partial charge in [-0.2, -0.15) is 0 Å². The van der Waals surface area contributed by atoms with Crippen LogP contribution in [0.15, 0.2) is 53.3 Å². The third kappa shape index (κ3) is 3.70. The number of aromatic nitrogens is 3. The van der Waals surface area contributed by atoms with Crippen LogP contribution >= 0.6 is 0 Å². The second-order valence-corrected chi connectivity index (χ2v) is 8.12. The van der Waals surface area contributed by atoms with Crippen LogP contribution in [0.5, 0.6) is 0 Å². The van der Waals surface area contributed by atoms with Crippen LogP contribution in [-0.2, 0) is 13.0 Å². The zero-order chi connectivity index (χ0) is 19.6. The average Bonchev–Trinajstić information content (AvgIpc) is 2.79. The maximum Gasteiger partial charge on any atom is 0.277 e. The molecule has 6 heteroatoms. The van der Waals surface area contributed by atoms with Crippen LogP contribution in [0.3, 0.4) is 0 Å². The summed E-state index contributed by atoms with van der Waals surface area (Å²) in [5.41, 5.74) is 3.67. The van der Waals surface area contributed by atoms with Gasteiger partial charge < -0.3 is 0 Å². The Morgan fingerprint density at radius 1 is 0.931 bits per heavy atom. The van der Waals surface area contributed by atoms with Crippen molar-refractivity contribution in [3.8, 4) is 0 Å². The lowest BCUT2D eigenvalue weighted by molar-refractivity contribution is 0.0851. The van der Waals surface area contributed by atoms with Gasteiger partial charge in [0.25, 0.3) is 5.56 Å². The minimum absolute atomic E-state index is 0.0481. The largest absolute Gasteiger partial charge is 0.299 e. The summed E-state index contributed by atoms with van der Waals surface area (Å²) in [6.45, 7) is 5.66. The van der Waals surface area contributed by atoms with Crippen LogP contribution in [0.25, 0.3) is 10.9 Å². The summed E-state index contributed by atoms with van der Waals surface area (Å²) in [5, 5.41) is 8.95. The number of hydrogen-bond acceptors (Lipinski definition) is 5. The zero-order valence-corrected chi connectivity index (χ0v) is 16.7. The van der Waals surface area contributed by atoms with E-state index in [0.717, 1.165) is 32.7 Å². The second kappa shape index (κ2) is 8.05. The van der Waals surface area contributed by atoms with Gasteiger partial charge in [0.1, 0.15) is 5.52 Å². The molecule has 0 unspecified atom stereocenters. The molecule has 0 saturated carbocycles. The van der Waals surface area contributed by atoms with E-state index in [1.807, 2.05) is 24.3 Å². The Bertz CT molecular complexity index is 1050. The molecule has 0 bridgehead atoms. The second-order valence-electron chi connectivity index (χ2n) is 8.12. The van der Waals surface area contributed by atoms with Gasteiger partial charge in [0, 0.05) is 38.8 Å². The highest BCUT2D eigenvalue weighted by atomic mass is 16.1. The Labute approximate surface area is 170 Å². The Hall–Kier alpha value is -2.57. The van der Waals surface area contributed by atoms with Gasteiger partial charge in [0.2, 0.25) is 0 Å². The highest BCUT2D eigenvalue weighted by Crippen LogP contribution is 2.34. The minimum atomic E-state index is -0.0481. The molecule has 0 radical (unpaired) electrons. The molecule has 2 aromatic carbocycles. The van der Waals surface area contributed by atoms with E-state index >= 15 is 0 Å². The molecule has 1 aliphatic heterocycles. The minimum Gasteiger partial charge on any atom is -0.299 e. The average molecular weight is 390 g/mol. The summed E-state index contributed by atoms with van der Waals surface area (Å²) in [6, 6.07) is 16.9. The van der Waals surface area contributed by atoms with E-state index in [1.165, 1.54) is 35.1 Å². The fourth-order valence-electron chi connectivity index (χ4n) is 4.81. The van der Waals surface area contributed by atoms with Gasteiger partial charge >= 0.3 is 0 Å². The molecule has 3 aromatic rings. The predicted octanol–water partition coefficient (Wildman–Crippen LogP) is 2.49. The molecular formula is C23H27N5O. The normalized spacial score (nSPS) is 20.6. The lowest BCUT2D eigenvalue weighted by Gasteiger charge is -2.41. The third-order valence-electron chi connectivity index (χ3n) is 6.44. The fourth-order valence-corrected chi connectivity index (χ4v) is 4.81. The van der Waals surface area contributed by atoms with Gasteiger partial charge in [0.05, 0.1) is 11.9 Å². The summed E-state index contributed by atoms with van der Waals surface area (Å²) in [4.78, 5) is 17.7. The number of piperazine rings is 1. The molecule has 1 aromatic heterocycles. The van der Waals surface area contributed by atoms with Gasteiger partial charge in [-0.25, -0.2) is 4.68 Å². The Morgan fingerprint density at radius 2 is 1.72 bits per heavy atom. The van der Waals surface area contributed by atoms with E-state index in [-0.39, 0.29) is 5.56 Å². The lowest BCUT2D eigenvalue weighted by Crippen LogP contribution is -2.49. The topological polar surface area (TPSA) is 54.3 Å². The van der Waals surface area contributed by atoms with Crippen molar-refractivity contribution in [1.29, 1.82) is 0 Å². The van der Waals surface area contributed by atoms with Crippen LogP contribution in [0.1, 0.15) is 30.0 Å². The maximum absolute atomic E-state index is 12.6. The van der Waals surface area contributed by atoms with Gasteiger partial charge in [-0.05, 0) is 42.5 Å². The first-order valence-corrected chi connectivity index (χ1v) is 10.7.